The third kappa shape index (κ3) is 3.72. The first kappa shape index (κ1) is 12.4. The van der Waals surface area contributed by atoms with Crippen molar-refractivity contribution in [1.82, 2.24) is 5.32 Å². The van der Waals surface area contributed by atoms with Crippen molar-refractivity contribution in [3.05, 3.63) is 29.8 Å². The van der Waals surface area contributed by atoms with Crippen molar-refractivity contribution >= 4 is 0 Å². The Morgan fingerprint density at radius 3 is 3.00 bits per heavy atom. The lowest BCUT2D eigenvalue weighted by atomic mass is 9.94. The van der Waals surface area contributed by atoms with Gasteiger partial charge in [-0.2, -0.15) is 0 Å². The van der Waals surface area contributed by atoms with Crippen molar-refractivity contribution in [2.75, 3.05) is 6.61 Å². The van der Waals surface area contributed by atoms with E-state index in [2.05, 4.69) is 19.2 Å². The highest BCUT2D eigenvalue weighted by molar-refractivity contribution is 5.26. The van der Waals surface area contributed by atoms with Crippen LogP contribution in [0.3, 0.4) is 0 Å². The van der Waals surface area contributed by atoms with E-state index in [1.807, 2.05) is 12.1 Å². The molecular weight excluding hydrogens is 214 g/mol. The van der Waals surface area contributed by atoms with E-state index < -0.39 is 0 Å². The molecule has 0 aromatic heterocycles. The lowest BCUT2D eigenvalue weighted by Crippen LogP contribution is -2.43. The van der Waals surface area contributed by atoms with Crippen LogP contribution >= 0.6 is 0 Å². The maximum Gasteiger partial charge on any atom is 0.115 e. The minimum absolute atomic E-state index is 0.0191. The second kappa shape index (κ2) is 5.07. The van der Waals surface area contributed by atoms with E-state index in [4.69, 9.17) is 4.74 Å². The van der Waals surface area contributed by atoms with Crippen molar-refractivity contribution in [1.29, 1.82) is 0 Å². The van der Waals surface area contributed by atoms with E-state index in [1.165, 1.54) is 0 Å². The van der Waals surface area contributed by atoms with Gasteiger partial charge in [-0.05, 0) is 44.4 Å². The molecule has 1 aliphatic rings. The van der Waals surface area contributed by atoms with Gasteiger partial charge in [0.1, 0.15) is 5.75 Å². The van der Waals surface area contributed by atoms with Crippen molar-refractivity contribution in [2.45, 2.75) is 44.9 Å². The molecule has 0 aliphatic carbocycles. The molecule has 94 valence electrons. The third-order valence-corrected chi connectivity index (χ3v) is 3.20. The molecule has 0 radical (unpaired) electrons. The van der Waals surface area contributed by atoms with E-state index in [0.717, 1.165) is 31.6 Å². The second-order valence-corrected chi connectivity index (χ2v) is 5.35. The Morgan fingerprint density at radius 2 is 2.29 bits per heavy atom. The summed E-state index contributed by atoms with van der Waals surface area (Å²) in [5, 5.41) is 12.9. The molecule has 3 heteroatoms. The van der Waals surface area contributed by atoms with Crippen molar-refractivity contribution < 1.29 is 9.84 Å². The summed E-state index contributed by atoms with van der Waals surface area (Å²) in [6.45, 7) is 5.89. The maximum absolute atomic E-state index is 9.39. The highest BCUT2D eigenvalue weighted by Crippen LogP contribution is 2.24. The monoisotopic (exact) mass is 235 g/mol. The lowest BCUT2D eigenvalue weighted by Gasteiger charge is -2.36. The molecule has 1 aliphatic heterocycles. The molecule has 2 N–H and O–H groups in total. The summed E-state index contributed by atoms with van der Waals surface area (Å²) in [6, 6.07) is 7.90. The van der Waals surface area contributed by atoms with Crippen LogP contribution in [0.25, 0.3) is 0 Å². The Kier molecular flexibility index (Phi) is 3.69. The standard InChI is InChI=1S/C14H21NO2/c1-14(2)9-12(6-7-17-14)15-10-11-4-3-5-13(16)8-11/h3-5,8,12,15-16H,6-7,9-10H2,1-2H3. The fraction of sp³-hybridized carbons (Fsp3) is 0.571. The SMILES string of the molecule is CC1(C)CC(NCc2cccc(O)c2)CCO1. The number of ether oxygens (including phenoxy) is 1. The summed E-state index contributed by atoms with van der Waals surface area (Å²) in [4.78, 5) is 0. The summed E-state index contributed by atoms with van der Waals surface area (Å²) in [5.74, 6) is 0.330. The number of phenolic OH excluding ortho intramolecular Hbond substituents is 1. The van der Waals surface area contributed by atoms with E-state index >= 15 is 0 Å². The molecule has 2 rings (SSSR count). The molecule has 1 aromatic carbocycles. The summed E-state index contributed by atoms with van der Waals surface area (Å²) in [7, 11) is 0. The van der Waals surface area contributed by atoms with Gasteiger partial charge >= 0.3 is 0 Å². The first-order chi connectivity index (χ1) is 8.05. The van der Waals surface area contributed by atoms with Crippen LogP contribution in [0.4, 0.5) is 0 Å². The van der Waals surface area contributed by atoms with Crippen LogP contribution in [0.2, 0.25) is 0 Å². The molecule has 1 unspecified atom stereocenters. The largest absolute Gasteiger partial charge is 0.508 e. The lowest BCUT2D eigenvalue weighted by molar-refractivity contribution is -0.0630. The molecule has 1 saturated heterocycles. The quantitative estimate of drug-likeness (QED) is 0.845. The second-order valence-electron chi connectivity index (χ2n) is 5.35. The van der Waals surface area contributed by atoms with Crippen molar-refractivity contribution in [3.63, 3.8) is 0 Å². The normalized spacial score (nSPS) is 23.5. The van der Waals surface area contributed by atoms with E-state index in [0.29, 0.717) is 11.8 Å². The first-order valence-electron chi connectivity index (χ1n) is 6.20. The highest BCUT2D eigenvalue weighted by atomic mass is 16.5. The molecular formula is C14H21NO2. The Morgan fingerprint density at radius 1 is 1.47 bits per heavy atom. The molecule has 0 bridgehead atoms. The van der Waals surface area contributed by atoms with Gasteiger partial charge in [-0.25, -0.2) is 0 Å². The van der Waals surface area contributed by atoms with Crippen LogP contribution in [0, 0.1) is 0 Å². The number of rotatable bonds is 3. The van der Waals surface area contributed by atoms with Gasteiger partial charge in [0, 0.05) is 19.2 Å². The van der Waals surface area contributed by atoms with E-state index in [1.54, 1.807) is 12.1 Å². The number of aromatic hydroxyl groups is 1. The first-order valence-corrected chi connectivity index (χ1v) is 6.20. The molecule has 1 aromatic rings. The highest BCUT2D eigenvalue weighted by Gasteiger charge is 2.28. The van der Waals surface area contributed by atoms with E-state index in [9.17, 15) is 5.11 Å². The summed E-state index contributed by atoms with van der Waals surface area (Å²) < 4.78 is 5.69. The molecule has 0 saturated carbocycles. The molecule has 1 heterocycles. The summed E-state index contributed by atoms with van der Waals surface area (Å²) in [6.07, 6.45) is 2.09. The predicted molar refractivity (Wildman–Crippen MR) is 68.0 cm³/mol. The van der Waals surface area contributed by atoms with Crippen LogP contribution in [-0.2, 0) is 11.3 Å². The minimum atomic E-state index is -0.0191. The zero-order valence-electron chi connectivity index (χ0n) is 10.6. The topological polar surface area (TPSA) is 41.5 Å². The number of benzene rings is 1. The fourth-order valence-corrected chi connectivity index (χ4v) is 2.33. The Hall–Kier alpha value is -1.06. The van der Waals surface area contributed by atoms with Crippen LogP contribution in [0.15, 0.2) is 24.3 Å². The molecule has 0 spiro atoms. The zero-order chi connectivity index (χ0) is 12.3. The Bertz CT molecular complexity index is 376. The summed E-state index contributed by atoms with van der Waals surface area (Å²) in [5.41, 5.74) is 1.10. The number of nitrogens with one attached hydrogen (secondary N) is 1. The molecule has 0 amide bonds. The average molecular weight is 235 g/mol. The molecule has 1 atom stereocenters. The smallest absolute Gasteiger partial charge is 0.115 e. The van der Waals surface area contributed by atoms with Gasteiger partial charge in [0.2, 0.25) is 0 Å². The number of phenols is 1. The van der Waals surface area contributed by atoms with Crippen molar-refractivity contribution in [2.24, 2.45) is 0 Å². The van der Waals surface area contributed by atoms with Gasteiger partial charge in [-0.1, -0.05) is 12.1 Å². The van der Waals surface area contributed by atoms with Gasteiger partial charge in [0.05, 0.1) is 5.60 Å². The molecule has 1 fully saturated rings. The van der Waals surface area contributed by atoms with Crippen LogP contribution in [0.1, 0.15) is 32.3 Å². The van der Waals surface area contributed by atoms with Gasteiger partial charge in [0.15, 0.2) is 0 Å². The Balaban J connectivity index is 1.86. The van der Waals surface area contributed by atoms with Crippen LogP contribution in [-0.4, -0.2) is 23.4 Å². The van der Waals surface area contributed by atoms with Gasteiger partial charge in [0.25, 0.3) is 0 Å². The van der Waals surface area contributed by atoms with Crippen LogP contribution in [0.5, 0.6) is 5.75 Å². The Labute approximate surface area is 103 Å². The van der Waals surface area contributed by atoms with Gasteiger partial charge in [-0.3, -0.25) is 0 Å². The van der Waals surface area contributed by atoms with E-state index in [-0.39, 0.29) is 5.60 Å². The minimum Gasteiger partial charge on any atom is -0.508 e. The van der Waals surface area contributed by atoms with Crippen LogP contribution < -0.4 is 5.32 Å². The zero-order valence-corrected chi connectivity index (χ0v) is 10.6. The molecule has 17 heavy (non-hydrogen) atoms. The number of hydrogen-bond acceptors (Lipinski definition) is 3. The predicted octanol–water partition coefficient (Wildman–Crippen LogP) is 2.44. The average Bonchev–Trinajstić information content (AvgIpc) is 2.25. The van der Waals surface area contributed by atoms with Crippen molar-refractivity contribution in [3.8, 4) is 5.75 Å². The number of hydrogen-bond donors (Lipinski definition) is 2. The third-order valence-electron chi connectivity index (χ3n) is 3.20. The van der Waals surface area contributed by atoms with Gasteiger partial charge in [-0.15, -0.1) is 0 Å². The maximum atomic E-state index is 9.39. The van der Waals surface area contributed by atoms with Gasteiger partial charge < -0.3 is 15.2 Å². The molecule has 3 nitrogen and oxygen atoms in total. The summed E-state index contributed by atoms with van der Waals surface area (Å²) >= 11 is 0. The fourth-order valence-electron chi connectivity index (χ4n) is 2.33.